The fraction of sp³-hybridized carbons (Fsp3) is 0.217. The molecule has 0 fully saturated rings. The minimum absolute atomic E-state index is 0.0472. The maximum absolute atomic E-state index is 13.2. The monoisotopic (exact) mass is 453 g/mol. The van der Waals surface area contributed by atoms with Gasteiger partial charge < -0.3 is 14.3 Å². The third-order valence-electron chi connectivity index (χ3n) is 5.13. The Morgan fingerprint density at radius 3 is 2.69 bits per heavy atom. The molecule has 0 aliphatic heterocycles. The molecule has 0 aliphatic rings. The second-order valence-corrected chi connectivity index (χ2v) is 7.95. The van der Waals surface area contributed by atoms with Crippen molar-refractivity contribution in [1.82, 2.24) is 14.8 Å². The average Bonchev–Trinajstić information content (AvgIpc) is 3.17. The van der Waals surface area contributed by atoms with Crippen LogP contribution in [-0.2, 0) is 7.05 Å². The summed E-state index contributed by atoms with van der Waals surface area (Å²) in [6, 6.07) is 6.52. The molecule has 3 heterocycles. The third-order valence-corrected chi connectivity index (χ3v) is 5.34. The van der Waals surface area contributed by atoms with Crippen LogP contribution in [0.15, 0.2) is 45.9 Å². The molecule has 0 aliphatic carbocycles. The highest BCUT2D eigenvalue weighted by Gasteiger charge is 2.22. The van der Waals surface area contributed by atoms with Crippen LogP contribution in [0.5, 0.6) is 5.75 Å². The van der Waals surface area contributed by atoms with Gasteiger partial charge in [-0.1, -0.05) is 11.6 Å². The van der Waals surface area contributed by atoms with E-state index in [0.29, 0.717) is 33.4 Å². The predicted octanol–water partition coefficient (Wildman–Crippen LogP) is 4.70. The third kappa shape index (κ3) is 3.85. The first kappa shape index (κ1) is 21.6. The molecule has 8 nitrogen and oxygen atoms in total. The Bertz CT molecular complexity index is 1420. The first-order valence-electron chi connectivity index (χ1n) is 9.79. The number of rotatable bonds is 5. The lowest BCUT2D eigenvalue weighted by molar-refractivity contribution is 0.0682. The topological polar surface area (TPSA) is 107 Å². The Morgan fingerprint density at radius 2 is 2.03 bits per heavy atom. The smallest absolute Gasteiger partial charge is 0.358 e. The molecule has 3 aromatic heterocycles. The van der Waals surface area contributed by atoms with Gasteiger partial charge in [-0.25, -0.2) is 9.78 Å². The van der Waals surface area contributed by atoms with Crippen molar-refractivity contribution in [1.29, 1.82) is 0 Å². The molecule has 1 atom stereocenters. The van der Waals surface area contributed by atoms with Crippen LogP contribution in [0.3, 0.4) is 0 Å². The fourth-order valence-electron chi connectivity index (χ4n) is 3.61. The molecule has 0 amide bonds. The lowest BCUT2D eigenvalue weighted by atomic mass is 10.0. The first-order chi connectivity index (χ1) is 15.2. The summed E-state index contributed by atoms with van der Waals surface area (Å²) in [6.07, 6.45) is 2.75. The lowest BCUT2D eigenvalue weighted by Crippen LogP contribution is -2.12. The van der Waals surface area contributed by atoms with Crippen LogP contribution in [0.2, 0.25) is 5.15 Å². The summed E-state index contributed by atoms with van der Waals surface area (Å²) in [5.74, 6) is -0.775. The van der Waals surface area contributed by atoms with E-state index < -0.39 is 12.1 Å². The van der Waals surface area contributed by atoms with Crippen molar-refractivity contribution < 1.29 is 19.1 Å². The molecule has 0 saturated heterocycles. The van der Waals surface area contributed by atoms with Crippen molar-refractivity contribution in [2.24, 2.45) is 7.05 Å². The van der Waals surface area contributed by atoms with E-state index in [9.17, 15) is 14.7 Å². The van der Waals surface area contributed by atoms with Crippen molar-refractivity contribution in [2.75, 3.05) is 0 Å². The quantitative estimate of drug-likeness (QED) is 0.436. The highest BCUT2D eigenvalue weighted by atomic mass is 35.5. The number of carboxylic acids is 1. The number of carbonyl (C=O) groups is 1. The highest BCUT2D eigenvalue weighted by molar-refractivity contribution is 6.29. The number of halogens is 1. The molecule has 9 heteroatoms. The number of hydrogen-bond acceptors (Lipinski definition) is 6. The van der Waals surface area contributed by atoms with Crippen LogP contribution >= 0.6 is 11.6 Å². The number of ether oxygens (including phenoxy) is 1. The normalized spacial score (nSPS) is 12.2. The molecule has 0 saturated carbocycles. The van der Waals surface area contributed by atoms with Gasteiger partial charge in [0.05, 0.1) is 17.1 Å². The van der Waals surface area contributed by atoms with Gasteiger partial charge in [-0.05, 0) is 50.6 Å². The summed E-state index contributed by atoms with van der Waals surface area (Å²) in [7, 11) is 1.78. The van der Waals surface area contributed by atoms with Gasteiger partial charge in [0.2, 0.25) is 0 Å². The van der Waals surface area contributed by atoms with Gasteiger partial charge in [-0.2, -0.15) is 5.10 Å². The Labute approximate surface area is 188 Å². The molecule has 1 unspecified atom stereocenters. The standard InChI is InChI=1S/C23H20ClN3O5/c1-11-7-15(13(3)31-17-5-6-18(24)26-19(17)23(29)30)22-16(8-11)20(28)12(2)21(32-22)14-9-25-27(4)10-14/h5-10,13H,1-4H3,(H,29,30). The van der Waals surface area contributed by atoms with E-state index >= 15 is 0 Å². The molecule has 0 bridgehead atoms. The molecular formula is C23H20ClN3O5. The van der Waals surface area contributed by atoms with E-state index in [1.165, 1.54) is 12.1 Å². The van der Waals surface area contributed by atoms with Crippen LogP contribution in [0, 0.1) is 13.8 Å². The van der Waals surface area contributed by atoms with Gasteiger partial charge in [0.15, 0.2) is 16.9 Å². The van der Waals surface area contributed by atoms with Gasteiger partial charge in [0.1, 0.15) is 22.6 Å². The zero-order valence-electron chi connectivity index (χ0n) is 17.8. The number of benzene rings is 1. The Kier molecular flexibility index (Phi) is 5.48. The molecule has 32 heavy (non-hydrogen) atoms. The summed E-state index contributed by atoms with van der Waals surface area (Å²) < 4.78 is 13.8. The van der Waals surface area contributed by atoms with Gasteiger partial charge in [0.25, 0.3) is 0 Å². The van der Waals surface area contributed by atoms with Gasteiger partial charge in [0, 0.05) is 24.4 Å². The molecule has 1 aromatic carbocycles. The number of aromatic nitrogens is 3. The predicted molar refractivity (Wildman–Crippen MR) is 119 cm³/mol. The minimum Gasteiger partial charge on any atom is -0.483 e. The van der Waals surface area contributed by atoms with Crippen LogP contribution in [0.4, 0.5) is 0 Å². The molecule has 0 spiro atoms. The number of hydrogen-bond donors (Lipinski definition) is 1. The van der Waals surface area contributed by atoms with Gasteiger partial charge >= 0.3 is 5.97 Å². The molecule has 4 rings (SSSR count). The molecular weight excluding hydrogens is 434 g/mol. The second kappa shape index (κ2) is 8.12. The van der Waals surface area contributed by atoms with Crippen molar-refractivity contribution >= 4 is 28.5 Å². The number of pyridine rings is 1. The van der Waals surface area contributed by atoms with E-state index in [0.717, 1.165) is 5.56 Å². The minimum atomic E-state index is -1.26. The summed E-state index contributed by atoms with van der Waals surface area (Å²) in [5.41, 5.74) is 2.53. The fourth-order valence-corrected chi connectivity index (χ4v) is 3.76. The summed E-state index contributed by atoms with van der Waals surface area (Å²) >= 11 is 5.84. The van der Waals surface area contributed by atoms with Crippen LogP contribution < -0.4 is 10.2 Å². The van der Waals surface area contributed by atoms with E-state index in [1.54, 1.807) is 44.0 Å². The second-order valence-electron chi connectivity index (χ2n) is 7.56. The zero-order valence-corrected chi connectivity index (χ0v) is 18.6. The Balaban J connectivity index is 1.88. The Morgan fingerprint density at radius 1 is 1.28 bits per heavy atom. The summed E-state index contributed by atoms with van der Waals surface area (Å²) in [5, 5.41) is 14.1. The molecule has 4 aromatic rings. The lowest BCUT2D eigenvalue weighted by Gasteiger charge is -2.19. The van der Waals surface area contributed by atoms with E-state index in [-0.39, 0.29) is 22.0 Å². The Hall–Kier alpha value is -3.65. The van der Waals surface area contributed by atoms with Crippen molar-refractivity contribution in [3.05, 3.63) is 74.4 Å². The number of fused-ring (bicyclic) bond motifs is 1. The average molecular weight is 454 g/mol. The van der Waals surface area contributed by atoms with Gasteiger partial charge in [-0.3, -0.25) is 9.48 Å². The van der Waals surface area contributed by atoms with E-state index in [4.69, 9.17) is 20.8 Å². The van der Waals surface area contributed by atoms with E-state index in [1.807, 2.05) is 13.0 Å². The number of aryl methyl sites for hydroxylation is 2. The first-order valence-corrected chi connectivity index (χ1v) is 10.2. The molecule has 0 radical (unpaired) electrons. The van der Waals surface area contributed by atoms with Crippen molar-refractivity contribution in [3.8, 4) is 17.1 Å². The number of nitrogens with zero attached hydrogens (tertiary/aromatic N) is 3. The van der Waals surface area contributed by atoms with Crippen molar-refractivity contribution in [2.45, 2.75) is 26.9 Å². The number of aromatic carboxylic acids is 1. The molecule has 1 N–H and O–H groups in total. The largest absolute Gasteiger partial charge is 0.483 e. The highest BCUT2D eigenvalue weighted by Crippen LogP contribution is 2.33. The zero-order chi connectivity index (χ0) is 23.2. The number of carboxylic acid groups (broad SMARTS) is 1. The maximum Gasteiger partial charge on any atom is 0.358 e. The van der Waals surface area contributed by atoms with Crippen LogP contribution in [0.1, 0.15) is 40.2 Å². The van der Waals surface area contributed by atoms with Gasteiger partial charge in [-0.15, -0.1) is 0 Å². The SMILES string of the molecule is Cc1cc(C(C)Oc2ccc(Cl)nc2C(=O)O)c2oc(-c3cnn(C)c3)c(C)c(=O)c2c1. The molecule has 164 valence electrons. The summed E-state index contributed by atoms with van der Waals surface area (Å²) in [6.45, 7) is 5.33. The maximum atomic E-state index is 13.2. The van der Waals surface area contributed by atoms with Crippen LogP contribution in [-0.4, -0.2) is 25.8 Å². The van der Waals surface area contributed by atoms with E-state index in [2.05, 4.69) is 10.1 Å². The van der Waals surface area contributed by atoms with Crippen molar-refractivity contribution in [3.63, 3.8) is 0 Å². The summed E-state index contributed by atoms with van der Waals surface area (Å²) in [4.78, 5) is 28.6. The van der Waals surface area contributed by atoms with Crippen LogP contribution in [0.25, 0.3) is 22.3 Å².